The van der Waals surface area contributed by atoms with Gasteiger partial charge in [-0.2, -0.15) is 5.84 Å². The molecule has 0 rings (SSSR count). The van der Waals surface area contributed by atoms with Crippen molar-refractivity contribution in [1.29, 1.82) is 0 Å². The summed E-state index contributed by atoms with van der Waals surface area (Å²) in [6.07, 6.45) is 0. The summed E-state index contributed by atoms with van der Waals surface area (Å²) in [7, 11) is 0. The predicted molar refractivity (Wildman–Crippen MR) is 12.8 cm³/mol. The number of nitrogens with zero attached hydrogens (tertiary/aromatic N) is 2. The van der Waals surface area contributed by atoms with Crippen LogP contribution in [0.2, 0.25) is 0 Å². The topological polar surface area (TPSA) is 87.6 Å². The Morgan fingerprint density at radius 3 is 2.00 bits per heavy atom. The van der Waals surface area contributed by atoms with E-state index < -0.39 is 0 Å². The molecule has 30 valence electrons. The molecule has 0 aromatic rings. The number of hydrogen-bond donors (Lipinski definition) is 3. The first-order chi connectivity index (χ1) is 2.27. The Morgan fingerprint density at radius 1 is 1.80 bits per heavy atom. The van der Waals surface area contributed by atoms with Crippen LogP contribution in [0.3, 0.4) is 0 Å². The van der Waals surface area contributed by atoms with Crippen LogP contribution in [0.15, 0.2) is 5.22 Å². The quantitative estimate of drug-likeness (QED) is 0.143. The standard InChI is InChI=1S/H4N4O/c1-3-4(2)5/h1,5H,2H2/p+1. The second kappa shape index (κ2) is 1.33. The van der Waals surface area contributed by atoms with E-state index in [0.29, 0.717) is 0 Å². The van der Waals surface area contributed by atoms with E-state index >= 15 is 0 Å². The zero-order chi connectivity index (χ0) is 4.28. The number of nitrogens with two attached hydrogens (primary N) is 2. The molecule has 0 spiro atoms. The van der Waals surface area contributed by atoms with Gasteiger partial charge in [0.15, 0.2) is 0 Å². The molecule has 5 heavy (non-hydrogen) atoms. The Morgan fingerprint density at radius 2 is 2.00 bits per heavy atom. The van der Waals surface area contributed by atoms with E-state index in [1.807, 2.05) is 0 Å². The largest absolute Gasteiger partial charge is 0.313 e. The van der Waals surface area contributed by atoms with Crippen molar-refractivity contribution >= 4 is 0 Å². The van der Waals surface area contributed by atoms with E-state index in [2.05, 4.69) is 16.9 Å². The lowest BCUT2D eigenvalue weighted by Gasteiger charge is -1.69. The third-order valence-electron chi connectivity index (χ3n) is 0.118. The monoisotopic (exact) mass is 77.0 g/mol. The molecule has 0 unspecified atom stereocenters. The molecule has 0 aliphatic heterocycles. The molecule has 0 amide bonds. The fourth-order valence-corrected chi connectivity index (χ4v) is 0. The second-order valence-electron chi connectivity index (χ2n) is 0.436. The second-order valence-corrected chi connectivity index (χ2v) is 0.436. The van der Waals surface area contributed by atoms with E-state index in [4.69, 9.17) is 5.21 Å². The average molecular weight is 77.1 g/mol. The molecular weight excluding hydrogens is 72.0 g/mol. The Hall–Kier alpha value is -1.00. The molecule has 0 saturated carbocycles. The van der Waals surface area contributed by atoms with Gasteiger partial charge < -0.3 is 5.21 Å². The number of rotatable bonds is 0. The van der Waals surface area contributed by atoms with Gasteiger partial charge in [0.2, 0.25) is 0 Å². The van der Waals surface area contributed by atoms with Gasteiger partial charge in [-0.05, 0) is 0 Å². The summed E-state index contributed by atoms with van der Waals surface area (Å²) < 4.78 is 0. The lowest BCUT2D eigenvalue weighted by Crippen LogP contribution is -2.13. The first-order valence-electron chi connectivity index (χ1n) is 0.916. The van der Waals surface area contributed by atoms with Crippen LogP contribution in [0, 0.1) is 0 Å². The van der Waals surface area contributed by atoms with E-state index in [-0.39, 0.29) is 4.97 Å². The molecule has 0 fully saturated rings. The normalized spacial score (nSPS) is 11.6. The van der Waals surface area contributed by atoms with Crippen molar-refractivity contribution in [3.8, 4) is 0 Å². The third kappa shape index (κ3) is 3.00. The lowest BCUT2D eigenvalue weighted by atomic mass is 12.5. The minimum atomic E-state index is 0.0278. The Bertz CT molecular complexity index is 41.6. The van der Waals surface area contributed by atoms with E-state index in [1.165, 1.54) is 0 Å². The van der Waals surface area contributed by atoms with Gasteiger partial charge in [0, 0.05) is 0 Å². The van der Waals surface area contributed by atoms with Gasteiger partial charge in [0.05, 0.1) is 0 Å². The van der Waals surface area contributed by atoms with Crippen LogP contribution in [-0.2, 0) is 0 Å². The molecular formula is H5N4O+. The summed E-state index contributed by atoms with van der Waals surface area (Å²) in [6.45, 7) is 0. The molecule has 0 aliphatic carbocycles. The Labute approximate surface area is 28.4 Å². The highest BCUT2D eigenvalue weighted by Gasteiger charge is 1.67. The molecule has 0 aromatic heterocycles. The zero-order valence-corrected chi connectivity index (χ0v) is 2.50. The van der Waals surface area contributed by atoms with Crippen molar-refractivity contribution in [1.82, 2.24) is 0 Å². The SMILES string of the molecule is NN=[N+](N)O. The van der Waals surface area contributed by atoms with Gasteiger partial charge in [-0.3, -0.25) is 0 Å². The maximum Gasteiger partial charge on any atom is 0.145 e. The van der Waals surface area contributed by atoms with Crippen molar-refractivity contribution in [3.63, 3.8) is 0 Å². The molecule has 5 nitrogen and oxygen atoms in total. The maximum absolute atomic E-state index is 7.68. The van der Waals surface area contributed by atoms with Crippen LogP contribution in [-0.4, -0.2) is 10.2 Å². The van der Waals surface area contributed by atoms with Crippen LogP contribution in [0.1, 0.15) is 0 Å². The fourth-order valence-electron chi connectivity index (χ4n) is 0. The van der Waals surface area contributed by atoms with Gasteiger partial charge in [-0.15, -0.1) is 0 Å². The van der Waals surface area contributed by atoms with Crippen LogP contribution in [0.4, 0.5) is 0 Å². The van der Waals surface area contributed by atoms with E-state index in [1.54, 1.807) is 0 Å². The molecule has 0 aliphatic rings. The fraction of sp³-hybridized carbons (Fsp3) is 0. The zero-order valence-electron chi connectivity index (χ0n) is 2.50. The smallest absolute Gasteiger partial charge is 0.145 e. The highest BCUT2D eigenvalue weighted by atomic mass is 16.5. The van der Waals surface area contributed by atoms with Crippen LogP contribution in [0.25, 0.3) is 0 Å². The first kappa shape index (κ1) is 4.00. The summed E-state index contributed by atoms with van der Waals surface area (Å²) >= 11 is 0. The van der Waals surface area contributed by atoms with Gasteiger partial charge >= 0.3 is 0 Å². The Balaban J connectivity index is 3.14. The minimum absolute atomic E-state index is 0.0278. The summed E-state index contributed by atoms with van der Waals surface area (Å²) in [6, 6.07) is 0. The summed E-state index contributed by atoms with van der Waals surface area (Å²) in [5.41, 5.74) is 0. The molecule has 0 aromatic carbocycles. The number of hydrazine groups is 1. The maximum atomic E-state index is 7.68. The average Bonchev–Trinajstić information content (AvgIpc) is 1.38. The molecule has 0 radical (unpaired) electrons. The van der Waals surface area contributed by atoms with Crippen LogP contribution < -0.4 is 11.7 Å². The van der Waals surface area contributed by atoms with Crippen molar-refractivity contribution in [3.05, 3.63) is 0 Å². The van der Waals surface area contributed by atoms with Crippen molar-refractivity contribution in [2.24, 2.45) is 16.9 Å². The van der Waals surface area contributed by atoms with Crippen LogP contribution in [0.5, 0.6) is 0 Å². The van der Waals surface area contributed by atoms with Crippen molar-refractivity contribution in [2.45, 2.75) is 0 Å². The van der Waals surface area contributed by atoms with Gasteiger partial charge in [0.1, 0.15) is 10.2 Å². The lowest BCUT2D eigenvalue weighted by molar-refractivity contribution is -0.835. The summed E-state index contributed by atoms with van der Waals surface area (Å²) in [4.78, 5) is 0.0278. The van der Waals surface area contributed by atoms with E-state index in [0.717, 1.165) is 0 Å². The molecule has 5 N–H and O–H groups in total. The summed E-state index contributed by atoms with van der Waals surface area (Å²) in [5.74, 6) is 8.74. The molecule has 0 heterocycles. The van der Waals surface area contributed by atoms with Gasteiger partial charge in [0.25, 0.3) is 0 Å². The third-order valence-corrected chi connectivity index (χ3v) is 0.118. The molecule has 0 atom stereocenters. The van der Waals surface area contributed by atoms with Crippen molar-refractivity contribution in [2.75, 3.05) is 0 Å². The van der Waals surface area contributed by atoms with Gasteiger partial charge in [-0.25, -0.2) is 5.84 Å². The van der Waals surface area contributed by atoms with Crippen LogP contribution >= 0.6 is 0 Å². The Kier molecular flexibility index (Phi) is 1.07. The number of hydrogen-bond acceptors (Lipinski definition) is 1. The molecule has 5 heteroatoms. The minimum Gasteiger partial charge on any atom is -0.313 e. The predicted octanol–water partition coefficient (Wildman–Crippen LogP) is -1.41. The highest BCUT2D eigenvalue weighted by molar-refractivity contribution is 3.49. The molecule has 0 saturated heterocycles. The molecule has 0 bridgehead atoms. The first-order valence-corrected chi connectivity index (χ1v) is 0.916. The van der Waals surface area contributed by atoms with Crippen molar-refractivity contribution < 1.29 is 10.2 Å². The van der Waals surface area contributed by atoms with E-state index in [9.17, 15) is 0 Å². The van der Waals surface area contributed by atoms with Gasteiger partial charge in [-0.1, -0.05) is 0 Å². The highest BCUT2D eigenvalue weighted by Crippen LogP contribution is 1.36. The summed E-state index contributed by atoms with van der Waals surface area (Å²) in [5, 5.41) is 10.2.